The Morgan fingerprint density at radius 3 is 2.71 bits per heavy atom. The minimum absolute atomic E-state index is 0.00560. The first-order valence-corrected chi connectivity index (χ1v) is 8.98. The Kier molecular flexibility index (Phi) is 4.76. The van der Waals surface area contributed by atoms with Crippen molar-refractivity contribution in [3.8, 4) is 0 Å². The Morgan fingerprint density at radius 2 is 2.10 bits per heavy atom. The van der Waals surface area contributed by atoms with Crippen LogP contribution in [0.2, 0.25) is 0 Å². The van der Waals surface area contributed by atoms with Gasteiger partial charge in [-0.05, 0) is 49.3 Å². The van der Waals surface area contributed by atoms with Gasteiger partial charge in [0.1, 0.15) is 0 Å². The fourth-order valence-corrected chi connectivity index (χ4v) is 4.35. The Labute approximate surface area is 127 Å². The van der Waals surface area contributed by atoms with Crippen LogP contribution in [0, 0.1) is 5.41 Å². The van der Waals surface area contributed by atoms with E-state index in [0.717, 1.165) is 25.7 Å². The number of aliphatic hydroxyl groups excluding tert-OH is 1. The second kappa shape index (κ2) is 6.07. The number of hydrogen-bond acceptors (Lipinski definition) is 3. The van der Waals surface area contributed by atoms with Gasteiger partial charge in [-0.15, -0.1) is 0 Å². The molecule has 21 heavy (non-hydrogen) atoms. The summed E-state index contributed by atoms with van der Waals surface area (Å²) in [5, 5.41) is 9.59. The van der Waals surface area contributed by atoms with Crippen LogP contribution in [-0.2, 0) is 10.0 Å². The van der Waals surface area contributed by atoms with Crippen molar-refractivity contribution >= 4 is 10.0 Å². The van der Waals surface area contributed by atoms with E-state index in [1.54, 1.807) is 31.2 Å². The lowest BCUT2D eigenvalue weighted by Gasteiger charge is -2.35. The normalized spacial score (nSPS) is 23.7. The highest BCUT2D eigenvalue weighted by Crippen LogP contribution is 2.35. The third-order valence-corrected chi connectivity index (χ3v) is 5.70. The fraction of sp³-hybridized carbons (Fsp3) is 0.625. The maximum atomic E-state index is 12.5. The quantitative estimate of drug-likeness (QED) is 0.898. The van der Waals surface area contributed by atoms with Crippen molar-refractivity contribution < 1.29 is 13.5 Å². The standard InChI is InChI=1S/C16H25NO3S/c1-12(18)13-6-4-8-15(10-13)21(19,20)17-14-7-5-9-16(2,3)11-14/h4,6,8,10,12,14,17-18H,5,7,9,11H2,1-3H3. The van der Waals surface area contributed by atoms with Gasteiger partial charge in [0.15, 0.2) is 0 Å². The van der Waals surface area contributed by atoms with E-state index < -0.39 is 16.1 Å². The van der Waals surface area contributed by atoms with Crippen LogP contribution in [0.15, 0.2) is 29.2 Å². The van der Waals surface area contributed by atoms with Crippen molar-refractivity contribution in [3.05, 3.63) is 29.8 Å². The molecule has 2 unspecified atom stereocenters. The van der Waals surface area contributed by atoms with Crippen LogP contribution in [0.4, 0.5) is 0 Å². The highest BCUT2D eigenvalue weighted by atomic mass is 32.2. The predicted molar refractivity (Wildman–Crippen MR) is 83.4 cm³/mol. The molecule has 4 nitrogen and oxygen atoms in total. The minimum atomic E-state index is -3.53. The molecule has 1 aromatic carbocycles. The fourth-order valence-electron chi connectivity index (χ4n) is 3.03. The summed E-state index contributed by atoms with van der Waals surface area (Å²) in [7, 11) is -3.53. The Bertz CT molecular complexity index is 593. The number of hydrogen-bond donors (Lipinski definition) is 2. The maximum Gasteiger partial charge on any atom is 0.240 e. The molecule has 0 aromatic heterocycles. The van der Waals surface area contributed by atoms with Gasteiger partial charge in [-0.3, -0.25) is 0 Å². The Morgan fingerprint density at radius 1 is 1.38 bits per heavy atom. The number of rotatable bonds is 4. The molecule has 0 spiro atoms. The summed E-state index contributed by atoms with van der Waals surface area (Å²) in [6.45, 7) is 5.99. The van der Waals surface area contributed by atoms with Crippen LogP contribution in [0.5, 0.6) is 0 Å². The molecule has 2 atom stereocenters. The van der Waals surface area contributed by atoms with Crippen LogP contribution in [-0.4, -0.2) is 19.6 Å². The van der Waals surface area contributed by atoms with E-state index in [9.17, 15) is 13.5 Å². The first-order valence-electron chi connectivity index (χ1n) is 7.50. The van der Waals surface area contributed by atoms with Crippen molar-refractivity contribution in [2.75, 3.05) is 0 Å². The molecule has 118 valence electrons. The van der Waals surface area contributed by atoms with Gasteiger partial charge in [-0.25, -0.2) is 13.1 Å². The molecule has 1 saturated carbocycles. The maximum absolute atomic E-state index is 12.5. The summed E-state index contributed by atoms with van der Waals surface area (Å²) in [5.41, 5.74) is 0.800. The zero-order chi connectivity index (χ0) is 15.7. The van der Waals surface area contributed by atoms with Crippen molar-refractivity contribution in [1.29, 1.82) is 0 Å². The lowest BCUT2D eigenvalue weighted by Crippen LogP contribution is -2.40. The minimum Gasteiger partial charge on any atom is -0.389 e. The van der Waals surface area contributed by atoms with Crippen LogP contribution in [0.25, 0.3) is 0 Å². The summed E-state index contributed by atoms with van der Waals surface area (Å²) in [4.78, 5) is 0.226. The number of benzene rings is 1. The van der Waals surface area contributed by atoms with Gasteiger partial charge in [0.2, 0.25) is 10.0 Å². The molecule has 5 heteroatoms. The smallest absolute Gasteiger partial charge is 0.240 e. The van der Waals surface area contributed by atoms with E-state index in [4.69, 9.17) is 0 Å². The highest BCUT2D eigenvalue weighted by molar-refractivity contribution is 7.89. The summed E-state index contributed by atoms with van der Waals surface area (Å²) < 4.78 is 27.8. The second-order valence-electron chi connectivity index (χ2n) is 6.83. The average molecular weight is 311 g/mol. The van der Waals surface area contributed by atoms with Crippen LogP contribution >= 0.6 is 0 Å². The highest BCUT2D eigenvalue weighted by Gasteiger charge is 2.30. The molecule has 1 aliphatic rings. The van der Waals surface area contributed by atoms with Gasteiger partial charge >= 0.3 is 0 Å². The molecule has 0 heterocycles. The molecule has 0 radical (unpaired) electrons. The third-order valence-electron chi connectivity index (χ3n) is 4.18. The van der Waals surface area contributed by atoms with Crippen molar-refractivity contribution in [3.63, 3.8) is 0 Å². The van der Waals surface area contributed by atoms with E-state index in [2.05, 4.69) is 18.6 Å². The summed E-state index contributed by atoms with van der Waals surface area (Å²) in [5.74, 6) is 0. The summed E-state index contributed by atoms with van der Waals surface area (Å²) in [6.07, 6.45) is 3.27. The molecule has 1 aliphatic carbocycles. The Balaban J connectivity index is 2.17. The first kappa shape index (κ1) is 16.5. The predicted octanol–water partition coefficient (Wildman–Crippen LogP) is 2.99. The van der Waals surface area contributed by atoms with Gasteiger partial charge in [-0.1, -0.05) is 32.4 Å². The van der Waals surface area contributed by atoms with Crippen molar-refractivity contribution in [2.24, 2.45) is 5.41 Å². The third kappa shape index (κ3) is 4.28. The zero-order valence-electron chi connectivity index (χ0n) is 13.0. The first-order chi connectivity index (χ1) is 9.70. The van der Waals surface area contributed by atoms with Gasteiger partial charge in [0.25, 0.3) is 0 Å². The molecule has 0 aliphatic heterocycles. The zero-order valence-corrected chi connectivity index (χ0v) is 13.8. The van der Waals surface area contributed by atoms with Gasteiger partial charge in [-0.2, -0.15) is 0 Å². The van der Waals surface area contributed by atoms with E-state index >= 15 is 0 Å². The molecule has 0 bridgehead atoms. The van der Waals surface area contributed by atoms with Crippen molar-refractivity contribution in [1.82, 2.24) is 4.72 Å². The largest absolute Gasteiger partial charge is 0.389 e. The summed E-state index contributed by atoms with van der Waals surface area (Å²) in [6, 6.07) is 6.51. The van der Waals surface area contributed by atoms with E-state index in [-0.39, 0.29) is 16.4 Å². The molecule has 2 N–H and O–H groups in total. The molecule has 2 rings (SSSR count). The van der Waals surface area contributed by atoms with Crippen molar-refractivity contribution in [2.45, 2.75) is 63.5 Å². The Hall–Kier alpha value is -0.910. The lowest BCUT2D eigenvalue weighted by molar-refractivity contribution is 0.199. The van der Waals surface area contributed by atoms with Crippen LogP contribution < -0.4 is 4.72 Å². The lowest BCUT2D eigenvalue weighted by atomic mass is 9.75. The number of sulfonamides is 1. The molecule has 1 aromatic rings. The molecule has 0 saturated heterocycles. The van der Waals surface area contributed by atoms with E-state index in [1.807, 2.05) is 0 Å². The monoisotopic (exact) mass is 311 g/mol. The van der Waals surface area contributed by atoms with Gasteiger partial charge in [0.05, 0.1) is 11.0 Å². The average Bonchev–Trinajstić information content (AvgIpc) is 2.37. The van der Waals surface area contributed by atoms with E-state index in [0.29, 0.717) is 5.56 Å². The van der Waals surface area contributed by atoms with E-state index in [1.165, 1.54) is 0 Å². The summed E-state index contributed by atoms with van der Waals surface area (Å²) >= 11 is 0. The topological polar surface area (TPSA) is 66.4 Å². The molecular formula is C16H25NO3S. The number of aliphatic hydroxyl groups is 1. The van der Waals surface area contributed by atoms with Crippen LogP contribution in [0.1, 0.15) is 58.1 Å². The number of nitrogens with one attached hydrogen (secondary N) is 1. The molecule has 0 amide bonds. The van der Waals surface area contributed by atoms with Gasteiger partial charge in [0, 0.05) is 6.04 Å². The molecular weight excluding hydrogens is 286 g/mol. The molecule has 1 fully saturated rings. The second-order valence-corrected chi connectivity index (χ2v) is 8.54. The SMILES string of the molecule is CC(O)c1cccc(S(=O)(=O)NC2CCCC(C)(C)C2)c1. The van der Waals surface area contributed by atoms with Crippen LogP contribution in [0.3, 0.4) is 0 Å². The van der Waals surface area contributed by atoms with Gasteiger partial charge < -0.3 is 5.11 Å².